The van der Waals surface area contributed by atoms with Crippen molar-refractivity contribution in [2.24, 2.45) is 7.05 Å². The van der Waals surface area contributed by atoms with Gasteiger partial charge in [-0.15, -0.1) is 0 Å². The number of aromatic nitrogens is 2. The number of nitrogens with zero attached hydrogens (tertiary/aromatic N) is 2. The summed E-state index contributed by atoms with van der Waals surface area (Å²) in [6.07, 6.45) is 0. The highest BCUT2D eigenvalue weighted by molar-refractivity contribution is 7.99. The highest BCUT2D eigenvalue weighted by Gasteiger charge is 2.09. The van der Waals surface area contributed by atoms with E-state index in [2.05, 4.69) is 4.98 Å². The third-order valence-corrected chi connectivity index (χ3v) is 3.33. The molecule has 0 bridgehead atoms. The summed E-state index contributed by atoms with van der Waals surface area (Å²) in [5.41, 5.74) is 3.09. The maximum absolute atomic E-state index is 10.5. The second kappa shape index (κ2) is 4.17. The van der Waals surface area contributed by atoms with E-state index in [4.69, 9.17) is 5.11 Å². The van der Waals surface area contributed by atoms with Gasteiger partial charge in [0.2, 0.25) is 0 Å². The number of aryl methyl sites for hydroxylation is 2. The van der Waals surface area contributed by atoms with Crippen LogP contribution >= 0.6 is 11.8 Å². The van der Waals surface area contributed by atoms with E-state index in [1.807, 2.05) is 36.7 Å². The Kier molecular flexibility index (Phi) is 2.87. The fourth-order valence-corrected chi connectivity index (χ4v) is 2.25. The smallest absolute Gasteiger partial charge is 0.313 e. The van der Waals surface area contributed by atoms with Crippen molar-refractivity contribution >= 4 is 28.8 Å². The predicted octanol–water partition coefficient (Wildman–Crippen LogP) is 2.06. The number of benzene rings is 1. The first kappa shape index (κ1) is 11.0. The summed E-state index contributed by atoms with van der Waals surface area (Å²) in [5, 5.41) is 9.37. The molecule has 16 heavy (non-hydrogen) atoms. The first-order valence-electron chi connectivity index (χ1n) is 4.85. The third kappa shape index (κ3) is 2.04. The van der Waals surface area contributed by atoms with Crippen LogP contribution in [0.5, 0.6) is 0 Å². The van der Waals surface area contributed by atoms with E-state index in [1.165, 1.54) is 11.8 Å². The van der Waals surface area contributed by atoms with Gasteiger partial charge >= 0.3 is 5.97 Å². The summed E-state index contributed by atoms with van der Waals surface area (Å²) in [7, 11) is 1.90. The van der Waals surface area contributed by atoms with Crippen molar-refractivity contribution in [2.45, 2.75) is 12.1 Å². The zero-order chi connectivity index (χ0) is 11.7. The molecule has 4 nitrogen and oxygen atoms in total. The van der Waals surface area contributed by atoms with Gasteiger partial charge in [0.25, 0.3) is 0 Å². The first-order chi connectivity index (χ1) is 7.58. The molecular formula is C11H12N2O2S. The van der Waals surface area contributed by atoms with Crippen molar-refractivity contribution < 1.29 is 9.90 Å². The van der Waals surface area contributed by atoms with Gasteiger partial charge in [0, 0.05) is 7.05 Å². The summed E-state index contributed by atoms with van der Waals surface area (Å²) in [6, 6.07) is 6.03. The molecule has 0 saturated heterocycles. The Balaban J connectivity index is 2.39. The Morgan fingerprint density at radius 3 is 3.00 bits per heavy atom. The van der Waals surface area contributed by atoms with Gasteiger partial charge in [0.1, 0.15) is 0 Å². The van der Waals surface area contributed by atoms with Crippen LogP contribution in [0.2, 0.25) is 0 Å². The zero-order valence-corrected chi connectivity index (χ0v) is 9.91. The molecule has 0 fully saturated rings. The number of rotatable bonds is 3. The second-order valence-corrected chi connectivity index (χ2v) is 4.57. The third-order valence-electron chi connectivity index (χ3n) is 2.32. The minimum atomic E-state index is -0.826. The molecule has 0 aliphatic heterocycles. The monoisotopic (exact) mass is 236 g/mol. The van der Waals surface area contributed by atoms with Crippen molar-refractivity contribution in [3.63, 3.8) is 0 Å². The summed E-state index contributed by atoms with van der Waals surface area (Å²) >= 11 is 1.24. The van der Waals surface area contributed by atoms with Crippen LogP contribution in [0.1, 0.15) is 5.56 Å². The van der Waals surface area contributed by atoms with E-state index in [9.17, 15) is 4.79 Å². The molecule has 2 aromatic rings. The topological polar surface area (TPSA) is 55.1 Å². The standard InChI is InChI=1S/C11H12N2O2S/c1-7-3-4-9-8(5-7)12-11(13(9)2)16-6-10(14)15/h3-5H,6H2,1-2H3,(H,14,15). The highest BCUT2D eigenvalue weighted by Crippen LogP contribution is 2.23. The molecule has 0 spiro atoms. The Bertz CT molecular complexity index is 548. The molecule has 1 aromatic carbocycles. The molecule has 0 amide bonds. The Morgan fingerprint density at radius 2 is 2.31 bits per heavy atom. The maximum atomic E-state index is 10.5. The van der Waals surface area contributed by atoms with Crippen molar-refractivity contribution in [1.29, 1.82) is 0 Å². The first-order valence-corrected chi connectivity index (χ1v) is 5.84. The van der Waals surface area contributed by atoms with Crippen LogP contribution in [0, 0.1) is 6.92 Å². The summed E-state index contributed by atoms with van der Waals surface area (Å²) in [4.78, 5) is 14.9. The lowest BCUT2D eigenvalue weighted by Gasteiger charge is -1.99. The average Bonchev–Trinajstić information content (AvgIpc) is 2.52. The number of carbonyl (C=O) groups is 1. The van der Waals surface area contributed by atoms with Crippen molar-refractivity contribution in [2.75, 3.05) is 5.75 Å². The largest absolute Gasteiger partial charge is 0.481 e. The van der Waals surface area contributed by atoms with E-state index in [1.54, 1.807) is 0 Å². The van der Waals surface area contributed by atoms with Crippen LogP contribution in [-0.2, 0) is 11.8 Å². The van der Waals surface area contributed by atoms with Crippen LogP contribution < -0.4 is 0 Å². The van der Waals surface area contributed by atoms with Crippen LogP contribution in [0.25, 0.3) is 11.0 Å². The quantitative estimate of drug-likeness (QED) is 0.829. The lowest BCUT2D eigenvalue weighted by atomic mass is 10.2. The Morgan fingerprint density at radius 1 is 1.56 bits per heavy atom. The molecule has 1 heterocycles. The summed E-state index contributed by atoms with van der Waals surface area (Å²) in [5.74, 6) is -0.788. The maximum Gasteiger partial charge on any atom is 0.313 e. The van der Waals surface area contributed by atoms with Crippen molar-refractivity contribution in [3.05, 3.63) is 23.8 Å². The molecule has 0 unspecified atom stereocenters. The molecular weight excluding hydrogens is 224 g/mol. The summed E-state index contributed by atoms with van der Waals surface area (Å²) in [6.45, 7) is 2.01. The van der Waals surface area contributed by atoms with Gasteiger partial charge in [-0.25, -0.2) is 4.98 Å². The fourth-order valence-electron chi connectivity index (χ4n) is 1.54. The molecule has 0 aliphatic rings. The van der Waals surface area contributed by atoms with Gasteiger partial charge in [0.05, 0.1) is 16.8 Å². The molecule has 1 aromatic heterocycles. The molecule has 2 rings (SSSR count). The van der Waals surface area contributed by atoms with Crippen molar-refractivity contribution in [1.82, 2.24) is 9.55 Å². The number of thioether (sulfide) groups is 1. The molecule has 1 N–H and O–H groups in total. The number of hydrogen-bond acceptors (Lipinski definition) is 3. The van der Waals surface area contributed by atoms with Crippen LogP contribution in [0.4, 0.5) is 0 Å². The van der Waals surface area contributed by atoms with E-state index in [-0.39, 0.29) is 5.75 Å². The van der Waals surface area contributed by atoms with Gasteiger partial charge in [-0.1, -0.05) is 17.8 Å². The fraction of sp³-hybridized carbons (Fsp3) is 0.273. The average molecular weight is 236 g/mol. The molecule has 0 aliphatic carbocycles. The predicted molar refractivity (Wildman–Crippen MR) is 63.8 cm³/mol. The molecule has 0 saturated carbocycles. The van der Waals surface area contributed by atoms with E-state index >= 15 is 0 Å². The molecule has 5 heteroatoms. The van der Waals surface area contributed by atoms with E-state index in [0.29, 0.717) is 0 Å². The van der Waals surface area contributed by atoms with Gasteiger partial charge < -0.3 is 9.67 Å². The summed E-state index contributed by atoms with van der Waals surface area (Å²) < 4.78 is 1.92. The lowest BCUT2D eigenvalue weighted by molar-refractivity contribution is -0.133. The lowest BCUT2D eigenvalue weighted by Crippen LogP contribution is -2.00. The molecule has 0 atom stereocenters. The van der Waals surface area contributed by atoms with Crippen molar-refractivity contribution in [3.8, 4) is 0 Å². The van der Waals surface area contributed by atoms with Crippen LogP contribution in [0.3, 0.4) is 0 Å². The van der Waals surface area contributed by atoms with E-state index < -0.39 is 5.97 Å². The number of carboxylic acid groups (broad SMARTS) is 1. The van der Waals surface area contributed by atoms with Gasteiger partial charge in [-0.05, 0) is 24.6 Å². The Hall–Kier alpha value is -1.49. The normalized spacial score (nSPS) is 10.9. The minimum absolute atomic E-state index is 0.0378. The van der Waals surface area contributed by atoms with Crippen LogP contribution in [0.15, 0.2) is 23.4 Å². The van der Waals surface area contributed by atoms with Gasteiger partial charge in [-0.2, -0.15) is 0 Å². The van der Waals surface area contributed by atoms with Gasteiger partial charge in [0.15, 0.2) is 5.16 Å². The highest BCUT2D eigenvalue weighted by atomic mass is 32.2. The number of imidazole rings is 1. The zero-order valence-electron chi connectivity index (χ0n) is 9.10. The Labute approximate surface area is 97.3 Å². The number of aliphatic carboxylic acids is 1. The van der Waals surface area contributed by atoms with E-state index in [0.717, 1.165) is 21.8 Å². The number of hydrogen-bond donors (Lipinski definition) is 1. The number of carboxylic acids is 1. The van der Waals surface area contributed by atoms with Gasteiger partial charge in [-0.3, -0.25) is 4.79 Å². The SMILES string of the molecule is Cc1ccc2c(c1)nc(SCC(=O)O)n2C. The molecule has 0 radical (unpaired) electrons. The minimum Gasteiger partial charge on any atom is -0.481 e. The number of fused-ring (bicyclic) bond motifs is 1. The van der Waals surface area contributed by atoms with Crippen LogP contribution in [-0.4, -0.2) is 26.4 Å². The molecule has 84 valence electrons. The second-order valence-electron chi connectivity index (χ2n) is 3.63.